The van der Waals surface area contributed by atoms with Crippen molar-refractivity contribution in [3.63, 3.8) is 0 Å². The molecule has 0 bridgehead atoms. The van der Waals surface area contributed by atoms with Gasteiger partial charge in [0.05, 0.1) is 21.7 Å². The summed E-state index contributed by atoms with van der Waals surface area (Å²) in [4.78, 5) is 23.3. The Morgan fingerprint density at radius 2 is 1.70 bits per heavy atom. The number of carbonyl (C=O) groups is 1. The second-order valence-corrected chi connectivity index (χ2v) is 10.7. The van der Waals surface area contributed by atoms with E-state index in [1.807, 2.05) is 18.2 Å². The van der Waals surface area contributed by atoms with Crippen LogP contribution >= 0.6 is 11.6 Å². The first-order valence-corrected chi connectivity index (χ1v) is 13.7. The number of non-ortho nitro benzene ring substituents is 1. The number of rotatable bonds is 11. The minimum Gasteiger partial charge on any atom is -0.489 e. The SMILES string of the molecule is O=C(CN(c1cccc([N+](=O)[O-])c1)S(=O)(=O)c1ccccc1)N/N=C\c1ccc(OCc2cccc(Cl)c2)cc1. The molecule has 0 fully saturated rings. The topological polar surface area (TPSA) is 131 Å². The molecule has 0 aliphatic carbocycles. The molecule has 0 atom stereocenters. The Morgan fingerprint density at radius 3 is 2.40 bits per heavy atom. The van der Waals surface area contributed by atoms with Crippen LogP contribution in [0.5, 0.6) is 5.75 Å². The summed E-state index contributed by atoms with van der Waals surface area (Å²) in [6.07, 6.45) is 1.39. The molecule has 0 saturated heterocycles. The minimum absolute atomic E-state index is 0.0365. The number of nitro benzene ring substituents is 1. The average Bonchev–Trinajstić information content (AvgIpc) is 2.96. The molecule has 0 aromatic heterocycles. The molecule has 204 valence electrons. The summed E-state index contributed by atoms with van der Waals surface area (Å²) in [6, 6.07) is 26.8. The number of nitro groups is 1. The maximum Gasteiger partial charge on any atom is 0.271 e. The zero-order valence-corrected chi connectivity index (χ0v) is 22.5. The van der Waals surface area contributed by atoms with Gasteiger partial charge in [-0.05, 0) is 65.7 Å². The number of sulfonamides is 1. The van der Waals surface area contributed by atoms with Crippen molar-refractivity contribution in [1.29, 1.82) is 0 Å². The molecule has 0 aliphatic rings. The van der Waals surface area contributed by atoms with Crippen LogP contribution in [0.25, 0.3) is 0 Å². The number of nitrogens with one attached hydrogen (secondary N) is 1. The van der Waals surface area contributed by atoms with Crippen molar-refractivity contribution in [3.05, 3.63) is 129 Å². The number of hydrazone groups is 1. The van der Waals surface area contributed by atoms with E-state index in [4.69, 9.17) is 16.3 Å². The molecule has 12 heteroatoms. The molecule has 4 aromatic carbocycles. The lowest BCUT2D eigenvalue weighted by atomic mass is 10.2. The first-order chi connectivity index (χ1) is 19.2. The van der Waals surface area contributed by atoms with Gasteiger partial charge in [0.1, 0.15) is 18.9 Å². The van der Waals surface area contributed by atoms with Crippen molar-refractivity contribution in [3.8, 4) is 5.75 Å². The largest absolute Gasteiger partial charge is 0.489 e. The van der Waals surface area contributed by atoms with Crippen LogP contribution in [0.2, 0.25) is 5.02 Å². The number of halogens is 1. The number of nitrogens with zero attached hydrogens (tertiary/aromatic N) is 3. The average molecular weight is 579 g/mol. The number of ether oxygens (including phenoxy) is 1. The standard InChI is InChI=1S/C28H23ClN4O6S/c29-23-7-4-6-22(16-23)20-39-26-14-12-21(13-15-26)18-30-31-28(34)19-32(24-8-5-9-25(17-24)33(35)36)40(37,38)27-10-2-1-3-11-27/h1-18H,19-20H2,(H,31,34)/b30-18-. The van der Waals surface area contributed by atoms with Gasteiger partial charge in [0.15, 0.2) is 0 Å². The van der Waals surface area contributed by atoms with E-state index in [0.29, 0.717) is 22.9 Å². The van der Waals surface area contributed by atoms with Crippen LogP contribution in [-0.2, 0) is 21.4 Å². The molecule has 1 amide bonds. The lowest BCUT2D eigenvalue weighted by molar-refractivity contribution is -0.384. The molecule has 0 unspecified atom stereocenters. The van der Waals surface area contributed by atoms with E-state index >= 15 is 0 Å². The van der Waals surface area contributed by atoms with Crippen LogP contribution in [0.1, 0.15) is 11.1 Å². The summed E-state index contributed by atoms with van der Waals surface area (Å²) in [6.45, 7) is -0.316. The van der Waals surface area contributed by atoms with E-state index in [9.17, 15) is 23.3 Å². The molecule has 0 heterocycles. The molecule has 0 spiro atoms. The Bertz CT molecular complexity index is 1630. The highest BCUT2D eigenvalue weighted by Crippen LogP contribution is 2.27. The van der Waals surface area contributed by atoms with Crippen LogP contribution in [0, 0.1) is 10.1 Å². The maximum atomic E-state index is 13.4. The molecule has 1 N–H and O–H groups in total. The van der Waals surface area contributed by atoms with Crippen LogP contribution in [0.4, 0.5) is 11.4 Å². The van der Waals surface area contributed by atoms with E-state index in [-0.39, 0.29) is 16.3 Å². The number of amides is 1. The van der Waals surface area contributed by atoms with Crippen LogP contribution < -0.4 is 14.5 Å². The van der Waals surface area contributed by atoms with E-state index in [1.54, 1.807) is 36.4 Å². The Labute approximate surface area is 235 Å². The smallest absolute Gasteiger partial charge is 0.271 e. The second kappa shape index (κ2) is 12.9. The summed E-state index contributed by atoms with van der Waals surface area (Å²) < 4.78 is 33.3. The molecule has 4 aromatic rings. The van der Waals surface area contributed by atoms with Gasteiger partial charge in [-0.1, -0.05) is 48.0 Å². The van der Waals surface area contributed by atoms with Crippen molar-refractivity contribution >= 4 is 45.1 Å². The molecule has 0 radical (unpaired) electrons. The fourth-order valence-corrected chi connectivity index (χ4v) is 5.23. The normalized spacial score (nSPS) is 11.2. The lowest BCUT2D eigenvalue weighted by Crippen LogP contribution is -2.39. The number of anilines is 1. The van der Waals surface area contributed by atoms with Crippen molar-refractivity contribution < 1.29 is 22.9 Å². The van der Waals surface area contributed by atoms with Crippen LogP contribution in [0.15, 0.2) is 113 Å². The van der Waals surface area contributed by atoms with Crippen LogP contribution in [-0.4, -0.2) is 32.0 Å². The van der Waals surface area contributed by atoms with E-state index in [0.717, 1.165) is 15.9 Å². The molecule has 0 aliphatic heterocycles. The summed E-state index contributed by atoms with van der Waals surface area (Å²) in [5.41, 5.74) is 3.53. The Morgan fingerprint density at radius 1 is 0.975 bits per heavy atom. The maximum absolute atomic E-state index is 13.4. The highest BCUT2D eigenvalue weighted by Gasteiger charge is 2.28. The van der Waals surface area contributed by atoms with Gasteiger partial charge in [-0.3, -0.25) is 19.2 Å². The molecular weight excluding hydrogens is 556 g/mol. The molecular formula is C28H23ClN4O6S. The fraction of sp³-hybridized carbons (Fsp3) is 0.0714. The lowest BCUT2D eigenvalue weighted by Gasteiger charge is -2.23. The van der Waals surface area contributed by atoms with E-state index < -0.39 is 27.4 Å². The summed E-state index contributed by atoms with van der Waals surface area (Å²) in [5, 5.41) is 15.8. The zero-order chi connectivity index (χ0) is 28.5. The highest BCUT2D eigenvalue weighted by molar-refractivity contribution is 7.92. The van der Waals surface area contributed by atoms with Gasteiger partial charge in [-0.2, -0.15) is 5.10 Å². The number of hydrogen-bond acceptors (Lipinski definition) is 7. The summed E-state index contributed by atoms with van der Waals surface area (Å²) in [7, 11) is -4.22. The molecule has 0 saturated carbocycles. The van der Waals surface area contributed by atoms with Crippen molar-refractivity contribution in [2.24, 2.45) is 5.10 Å². The molecule has 10 nitrogen and oxygen atoms in total. The quantitative estimate of drug-likeness (QED) is 0.148. The Balaban J connectivity index is 1.43. The van der Waals surface area contributed by atoms with Crippen molar-refractivity contribution in [2.45, 2.75) is 11.5 Å². The van der Waals surface area contributed by atoms with Gasteiger partial charge < -0.3 is 4.74 Å². The first kappa shape index (κ1) is 28.3. The van der Waals surface area contributed by atoms with Gasteiger partial charge in [-0.15, -0.1) is 0 Å². The van der Waals surface area contributed by atoms with Gasteiger partial charge in [0.25, 0.3) is 21.6 Å². The first-order valence-electron chi connectivity index (χ1n) is 11.8. The Kier molecular flexibility index (Phi) is 9.10. The van der Waals surface area contributed by atoms with E-state index in [2.05, 4.69) is 10.5 Å². The van der Waals surface area contributed by atoms with Crippen molar-refractivity contribution in [2.75, 3.05) is 10.8 Å². The van der Waals surface area contributed by atoms with Crippen molar-refractivity contribution in [1.82, 2.24) is 5.43 Å². The van der Waals surface area contributed by atoms with Gasteiger partial charge in [-0.25, -0.2) is 13.8 Å². The molecule has 4 rings (SSSR count). The third-order valence-electron chi connectivity index (χ3n) is 5.52. The number of benzene rings is 4. The fourth-order valence-electron chi connectivity index (χ4n) is 3.58. The number of hydrogen-bond donors (Lipinski definition) is 1. The van der Waals surface area contributed by atoms with Gasteiger partial charge >= 0.3 is 0 Å². The zero-order valence-electron chi connectivity index (χ0n) is 20.9. The summed E-state index contributed by atoms with van der Waals surface area (Å²) >= 11 is 5.99. The Hall–Kier alpha value is -4.74. The third-order valence-corrected chi connectivity index (χ3v) is 7.55. The third kappa shape index (κ3) is 7.43. The van der Waals surface area contributed by atoms with Crippen LogP contribution in [0.3, 0.4) is 0 Å². The van der Waals surface area contributed by atoms with E-state index in [1.165, 1.54) is 48.7 Å². The van der Waals surface area contributed by atoms with Gasteiger partial charge in [0, 0.05) is 17.2 Å². The second-order valence-electron chi connectivity index (χ2n) is 8.38. The monoisotopic (exact) mass is 578 g/mol. The summed E-state index contributed by atoms with van der Waals surface area (Å²) in [5.74, 6) is -0.122. The molecule has 40 heavy (non-hydrogen) atoms. The predicted molar refractivity (Wildman–Crippen MR) is 152 cm³/mol. The number of carbonyl (C=O) groups excluding carboxylic acids is 1. The predicted octanol–water partition coefficient (Wildman–Crippen LogP) is 5.17. The van der Waals surface area contributed by atoms with Gasteiger partial charge in [0.2, 0.25) is 0 Å². The highest BCUT2D eigenvalue weighted by atomic mass is 35.5. The minimum atomic E-state index is -4.22.